The lowest BCUT2D eigenvalue weighted by Gasteiger charge is -2.24. The number of hydrogen-bond acceptors (Lipinski definition) is 3. The molecule has 0 spiro atoms. The zero-order valence-electron chi connectivity index (χ0n) is 11.4. The number of aliphatic hydroxyl groups is 1. The minimum atomic E-state index is -0.238. The van der Waals surface area contributed by atoms with Crippen molar-refractivity contribution in [3.8, 4) is 0 Å². The second-order valence-electron chi connectivity index (χ2n) is 5.12. The van der Waals surface area contributed by atoms with E-state index in [1.165, 1.54) is 5.56 Å². The first-order chi connectivity index (χ1) is 9.20. The topological polar surface area (TPSA) is 52.6 Å². The van der Waals surface area contributed by atoms with Gasteiger partial charge in [0, 0.05) is 19.7 Å². The van der Waals surface area contributed by atoms with E-state index in [1.807, 2.05) is 4.90 Å². The van der Waals surface area contributed by atoms with Crippen LogP contribution in [0.25, 0.3) is 0 Å². The number of nitrogens with one attached hydrogen (secondary N) is 1. The molecule has 1 heterocycles. The van der Waals surface area contributed by atoms with Gasteiger partial charge in [-0.2, -0.15) is 0 Å². The average Bonchev–Trinajstić information content (AvgIpc) is 2.57. The van der Waals surface area contributed by atoms with E-state index in [-0.39, 0.29) is 18.6 Å². The van der Waals surface area contributed by atoms with Crippen LogP contribution < -0.4 is 5.32 Å². The van der Waals surface area contributed by atoms with Crippen molar-refractivity contribution >= 4 is 5.91 Å². The SMILES string of the molecule is Cc1ccc(CN2CCCNC(CCO)C2=O)cc1. The quantitative estimate of drug-likeness (QED) is 0.853. The van der Waals surface area contributed by atoms with Crippen LogP contribution in [0.15, 0.2) is 24.3 Å². The van der Waals surface area contributed by atoms with Crippen molar-refractivity contribution in [3.63, 3.8) is 0 Å². The number of aliphatic hydroxyl groups excluding tert-OH is 1. The number of hydrogen-bond donors (Lipinski definition) is 2. The van der Waals surface area contributed by atoms with E-state index in [0.29, 0.717) is 13.0 Å². The summed E-state index contributed by atoms with van der Waals surface area (Å²) in [5.74, 6) is 0.104. The van der Waals surface area contributed by atoms with Gasteiger partial charge in [0.05, 0.1) is 6.04 Å². The molecular weight excluding hydrogens is 240 g/mol. The first kappa shape index (κ1) is 14.0. The zero-order valence-corrected chi connectivity index (χ0v) is 11.4. The second kappa shape index (κ2) is 6.68. The lowest BCUT2D eigenvalue weighted by Crippen LogP contribution is -2.43. The maximum atomic E-state index is 12.4. The lowest BCUT2D eigenvalue weighted by atomic mass is 10.1. The Morgan fingerprint density at radius 3 is 2.79 bits per heavy atom. The highest BCUT2D eigenvalue weighted by molar-refractivity contribution is 5.82. The number of carbonyl (C=O) groups is 1. The fourth-order valence-electron chi connectivity index (χ4n) is 2.39. The molecule has 1 aliphatic rings. The third-order valence-electron chi connectivity index (χ3n) is 3.52. The monoisotopic (exact) mass is 262 g/mol. The van der Waals surface area contributed by atoms with Gasteiger partial charge in [0.15, 0.2) is 0 Å². The summed E-state index contributed by atoms with van der Waals surface area (Å²) < 4.78 is 0. The van der Waals surface area contributed by atoms with Crippen molar-refractivity contribution in [2.24, 2.45) is 0 Å². The highest BCUT2D eigenvalue weighted by atomic mass is 16.3. The molecule has 1 aromatic rings. The molecule has 0 aromatic heterocycles. The number of aryl methyl sites for hydroxylation is 1. The number of rotatable bonds is 4. The molecular formula is C15H22N2O2. The maximum Gasteiger partial charge on any atom is 0.240 e. The normalized spacial score (nSPS) is 20.4. The first-order valence-corrected chi connectivity index (χ1v) is 6.89. The molecule has 104 valence electrons. The van der Waals surface area contributed by atoms with Crippen molar-refractivity contribution in [1.29, 1.82) is 0 Å². The molecule has 1 atom stereocenters. The molecule has 4 nitrogen and oxygen atoms in total. The maximum absolute atomic E-state index is 12.4. The molecule has 0 radical (unpaired) electrons. The van der Waals surface area contributed by atoms with E-state index < -0.39 is 0 Å². The van der Waals surface area contributed by atoms with Crippen LogP contribution in [-0.4, -0.2) is 41.7 Å². The zero-order chi connectivity index (χ0) is 13.7. The third kappa shape index (κ3) is 3.78. The van der Waals surface area contributed by atoms with E-state index in [4.69, 9.17) is 5.11 Å². The standard InChI is InChI=1S/C15H22N2O2/c1-12-3-5-13(6-4-12)11-17-9-2-8-16-14(7-10-18)15(17)19/h3-6,14,16,18H,2,7-11H2,1H3. The van der Waals surface area contributed by atoms with Gasteiger partial charge in [0.2, 0.25) is 5.91 Å². The minimum Gasteiger partial charge on any atom is -0.396 e. The molecule has 2 rings (SSSR count). The highest BCUT2D eigenvalue weighted by Crippen LogP contribution is 2.12. The Morgan fingerprint density at radius 1 is 1.37 bits per heavy atom. The number of carbonyl (C=O) groups excluding carboxylic acids is 1. The van der Waals surface area contributed by atoms with Crippen LogP contribution in [0.5, 0.6) is 0 Å². The Morgan fingerprint density at radius 2 is 2.11 bits per heavy atom. The molecule has 1 amide bonds. The molecule has 19 heavy (non-hydrogen) atoms. The number of benzene rings is 1. The number of amides is 1. The van der Waals surface area contributed by atoms with Crippen LogP contribution in [-0.2, 0) is 11.3 Å². The van der Waals surface area contributed by atoms with Crippen molar-refractivity contribution in [2.75, 3.05) is 19.7 Å². The van der Waals surface area contributed by atoms with Gasteiger partial charge in [0.25, 0.3) is 0 Å². The summed E-state index contributed by atoms with van der Waals surface area (Å²) in [5.41, 5.74) is 2.38. The summed E-state index contributed by atoms with van der Waals surface area (Å²) in [6.45, 7) is 4.37. The van der Waals surface area contributed by atoms with Crippen molar-refractivity contribution in [2.45, 2.75) is 32.4 Å². The van der Waals surface area contributed by atoms with Crippen LogP contribution in [0.3, 0.4) is 0 Å². The van der Waals surface area contributed by atoms with Crippen LogP contribution in [0.1, 0.15) is 24.0 Å². The van der Waals surface area contributed by atoms with Gasteiger partial charge in [-0.25, -0.2) is 0 Å². The van der Waals surface area contributed by atoms with Gasteiger partial charge in [0.1, 0.15) is 0 Å². The molecule has 2 N–H and O–H groups in total. The van der Waals surface area contributed by atoms with E-state index in [9.17, 15) is 4.79 Å². The average molecular weight is 262 g/mol. The smallest absolute Gasteiger partial charge is 0.240 e. The van der Waals surface area contributed by atoms with Gasteiger partial charge in [-0.3, -0.25) is 4.79 Å². The molecule has 0 saturated carbocycles. The van der Waals surface area contributed by atoms with E-state index >= 15 is 0 Å². The lowest BCUT2D eigenvalue weighted by molar-refractivity contribution is -0.133. The van der Waals surface area contributed by atoms with Crippen molar-refractivity contribution in [3.05, 3.63) is 35.4 Å². The minimum absolute atomic E-state index is 0.0434. The van der Waals surface area contributed by atoms with E-state index in [0.717, 1.165) is 25.1 Å². The Kier molecular flexibility index (Phi) is 4.93. The highest BCUT2D eigenvalue weighted by Gasteiger charge is 2.25. The van der Waals surface area contributed by atoms with Crippen LogP contribution in [0.4, 0.5) is 0 Å². The largest absolute Gasteiger partial charge is 0.396 e. The molecule has 0 aliphatic carbocycles. The molecule has 0 bridgehead atoms. The van der Waals surface area contributed by atoms with Crippen molar-refractivity contribution in [1.82, 2.24) is 10.2 Å². The van der Waals surface area contributed by atoms with Crippen LogP contribution >= 0.6 is 0 Å². The van der Waals surface area contributed by atoms with Crippen LogP contribution in [0.2, 0.25) is 0 Å². The molecule has 1 unspecified atom stereocenters. The van der Waals surface area contributed by atoms with E-state index in [1.54, 1.807) is 0 Å². The fraction of sp³-hybridized carbons (Fsp3) is 0.533. The summed E-state index contributed by atoms with van der Waals surface area (Å²) in [6.07, 6.45) is 1.45. The summed E-state index contributed by atoms with van der Waals surface area (Å²) in [6, 6.07) is 8.05. The predicted octanol–water partition coefficient (Wildman–Crippen LogP) is 1.07. The second-order valence-corrected chi connectivity index (χ2v) is 5.12. The Balaban J connectivity index is 2.04. The third-order valence-corrected chi connectivity index (χ3v) is 3.52. The summed E-state index contributed by atoms with van der Waals surface area (Å²) in [7, 11) is 0. The predicted molar refractivity (Wildman–Crippen MR) is 74.7 cm³/mol. The summed E-state index contributed by atoms with van der Waals surface area (Å²) >= 11 is 0. The van der Waals surface area contributed by atoms with E-state index in [2.05, 4.69) is 36.5 Å². The Hall–Kier alpha value is -1.39. The number of nitrogens with zero attached hydrogens (tertiary/aromatic N) is 1. The van der Waals surface area contributed by atoms with Gasteiger partial charge < -0.3 is 15.3 Å². The Labute approximate surface area is 114 Å². The molecule has 1 aromatic carbocycles. The summed E-state index contributed by atoms with van der Waals surface area (Å²) in [5, 5.41) is 12.2. The van der Waals surface area contributed by atoms with Gasteiger partial charge in [-0.1, -0.05) is 29.8 Å². The molecule has 1 fully saturated rings. The van der Waals surface area contributed by atoms with Gasteiger partial charge in [-0.05, 0) is 31.9 Å². The molecule has 1 saturated heterocycles. The van der Waals surface area contributed by atoms with Crippen LogP contribution in [0, 0.1) is 6.92 Å². The molecule has 4 heteroatoms. The van der Waals surface area contributed by atoms with Gasteiger partial charge >= 0.3 is 0 Å². The fourth-order valence-corrected chi connectivity index (χ4v) is 2.39. The van der Waals surface area contributed by atoms with Gasteiger partial charge in [-0.15, -0.1) is 0 Å². The van der Waals surface area contributed by atoms with Crippen molar-refractivity contribution < 1.29 is 9.90 Å². The summed E-state index contributed by atoms with van der Waals surface area (Å²) in [4.78, 5) is 14.3. The molecule has 1 aliphatic heterocycles. The first-order valence-electron chi connectivity index (χ1n) is 6.89. The Bertz CT molecular complexity index is 417.